The lowest BCUT2D eigenvalue weighted by molar-refractivity contribution is -0.113. The number of rotatable bonds is 6. The van der Waals surface area contributed by atoms with Gasteiger partial charge in [-0.25, -0.2) is 4.98 Å². The molecule has 0 saturated carbocycles. The van der Waals surface area contributed by atoms with E-state index in [9.17, 15) is 4.79 Å². The second kappa shape index (κ2) is 8.20. The van der Waals surface area contributed by atoms with Crippen LogP contribution in [0.2, 0.25) is 0 Å². The number of thioether (sulfide) groups is 1. The molecular formula is C20H21N3OS2. The minimum absolute atomic E-state index is 0.00143. The van der Waals surface area contributed by atoms with E-state index in [1.54, 1.807) is 11.3 Å². The van der Waals surface area contributed by atoms with Crippen LogP contribution in [0, 0.1) is 0 Å². The van der Waals surface area contributed by atoms with Crippen molar-refractivity contribution in [3.05, 3.63) is 54.1 Å². The molecule has 2 aromatic carbocycles. The van der Waals surface area contributed by atoms with Gasteiger partial charge in [-0.2, -0.15) is 0 Å². The van der Waals surface area contributed by atoms with Crippen LogP contribution >= 0.6 is 23.1 Å². The SMILES string of the molecule is O=C(CSc1nc2ccccc2s1)Nc1ccc(CN2CCCC2)cc1. The number of benzene rings is 2. The number of anilines is 1. The zero-order valence-electron chi connectivity index (χ0n) is 14.5. The summed E-state index contributed by atoms with van der Waals surface area (Å²) in [5.74, 6) is 0.372. The first-order valence-electron chi connectivity index (χ1n) is 8.86. The maximum atomic E-state index is 12.2. The summed E-state index contributed by atoms with van der Waals surface area (Å²) in [6.07, 6.45) is 2.61. The molecule has 1 amide bonds. The Morgan fingerprint density at radius 3 is 2.65 bits per heavy atom. The Morgan fingerprint density at radius 2 is 1.88 bits per heavy atom. The fourth-order valence-corrected chi connectivity index (χ4v) is 5.00. The van der Waals surface area contributed by atoms with Crippen LogP contribution in [0.15, 0.2) is 52.9 Å². The smallest absolute Gasteiger partial charge is 0.234 e. The Kier molecular flexibility index (Phi) is 5.53. The molecule has 1 N–H and O–H groups in total. The molecule has 0 unspecified atom stereocenters. The van der Waals surface area contributed by atoms with Crippen LogP contribution in [0.25, 0.3) is 10.2 Å². The number of para-hydroxylation sites is 1. The third kappa shape index (κ3) is 4.44. The number of fused-ring (bicyclic) bond motifs is 1. The number of hydrogen-bond acceptors (Lipinski definition) is 5. The molecule has 0 atom stereocenters. The van der Waals surface area contributed by atoms with Crippen LogP contribution < -0.4 is 5.32 Å². The van der Waals surface area contributed by atoms with Crippen LogP contribution in [0.5, 0.6) is 0 Å². The fourth-order valence-electron chi connectivity index (χ4n) is 3.13. The lowest BCUT2D eigenvalue weighted by atomic mass is 10.2. The molecule has 1 aliphatic heterocycles. The van der Waals surface area contributed by atoms with E-state index in [0.29, 0.717) is 5.75 Å². The zero-order valence-corrected chi connectivity index (χ0v) is 16.1. The van der Waals surface area contributed by atoms with Crippen molar-refractivity contribution in [1.29, 1.82) is 0 Å². The molecule has 1 aliphatic rings. The van der Waals surface area contributed by atoms with Crippen molar-refractivity contribution in [2.24, 2.45) is 0 Å². The molecule has 0 bridgehead atoms. The molecule has 2 heterocycles. The molecule has 4 nitrogen and oxygen atoms in total. The van der Waals surface area contributed by atoms with Gasteiger partial charge in [0.25, 0.3) is 0 Å². The molecule has 0 spiro atoms. The van der Waals surface area contributed by atoms with Crippen molar-refractivity contribution in [3.8, 4) is 0 Å². The van der Waals surface area contributed by atoms with E-state index in [0.717, 1.165) is 26.8 Å². The minimum Gasteiger partial charge on any atom is -0.325 e. The standard InChI is InChI=1S/C20H21N3OS2/c24-19(14-25-20-22-17-5-1-2-6-18(17)26-20)21-16-9-7-15(8-10-16)13-23-11-3-4-12-23/h1-2,5-10H,3-4,11-14H2,(H,21,24). The highest BCUT2D eigenvalue weighted by molar-refractivity contribution is 8.01. The number of aromatic nitrogens is 1. The molecule has 1 fully saturated rings. The molecule has 4 rings (SSSR count). The number of nitrogens with zero attached hydrogens (tertiary/aromatic N) is 2. The van der Waals surface area contributed by atoms with Crippen LogP contribution in [-0.2, 0) is 11.3 Å². The van der Waals surface area contributed by atoms with Crippen LogP contribution in [0.4, 0.5) is 5.69 Å². The van der Waals surface area contributed by atoms with Crippen LogP contribution in [0.3, 0.4) is 0 Å². The third-order valence-electron chi connectivity index (χ3n) is 4.44. The Balaban J connectivity index is 1.28. The van der Waals surface area contributed by atoms with E-state index in [4.69, 9.17) is 0 Å². The number of hydrogen-bond donors (Lipinski definition) is 1. The summed E-state index contributed by atoms with van der Waals surface area (Å²) in [7, 11) is 0. The number of nitrogens with one attached hydrogen (secondary N) is 1. The van der Waals surface area contributed by atoms with Gasteiger partial charge >= 0.3 is 0 Å². The quantitative estimate of drug-likeness (QED) is 0.631. The van der Waals surface area contributed by atoms with Crippen molar-refractivity contribution >= 4 is 44.9 Å². The summed E-state index contributed by atoms with van der Waals surface area (Å²) in [6.45, 7) is 3.39. The summed E-state index contributed by atoms with van der Waals surface area (Å²) in [5, 5.41) is 2.97. The maximum absolute atomic E-state index is 12.2. The molecule has 26 heavy (non-hydrogen) atoms. The monoisotopic (exact) mass is 383 g/mol. The van der Waals surface area contributed by atoms with Gasteiger partial charge in [0.15, 0.2) is 4.34 Å². The average molecular weight is 384 g/mol. The molecule has 134 valence electrons. The second-order valence-electron chi connectivity index (χ2n) is 6.46. The van der Waals surface area contributed by atoms with E-state index in [1.807, 2.05) is 30.3 Å². The van der Waals surface area contributed by atoms with Gasteiger partial charge in [0.2, 0.25) is 5.91 Å². The number of carbonyl (C=O) groups excluding carboxylic acids is 1. The highest BCUT2D eigenvalue weighted by atomic mass is 32.2. The molecular weight excluding hydrogens is 362 g/mol. The van der Waals surface area contributed by atoms with E-state index in [-0.39, 0.29) is 5.91 Å². The van der Waals surface area contributed by atoms with Crippen LogP contribution in [0.1, 0.15) is 18.4 Å². The highest BCUT2D eigenvalue weighted by Gasteiger charge is 2.12. The first-order chi connectivity index (χ1) is 12.8. The molecule has 0 radical (unpaired) electrons. The van der Waals surface area contributed by atoms with E-state index in [2.05, 4.69) is 33.4 Å². The molecule has 0 aliphatic carbocycles. The largest absolute Gasteiger partial charge is 0.325 e. The van der Waals surface area contributed by atoms with Gasteiger partial charge in [-0.1, -0.05) is 36.0 Å². The van der Waals surface area contributed by atoms with Crippen molar-refractivity contribution < 1.29 is 4.79 Å². The molecule has 1 aromatic heterocycles. The van der Waals surface area contributed by atoms with Crippen molar-refractivity contribution in [3.63, 3.8) is 0 Å². The molecule has 1 saturated heterocycles. The summed E-state index contributed by atoms with van der Waals surface area (Å²) in [5.41, 5.74) is 3.15. The van der Waals surface area contributed by atoms with Crippen molar-refractivity contribution in [2.45, 2.75) is 23.7 Å². The van der Waals surface area contributed by atoms with Crippen molar-refractivity contribution in [1.82, 2.24) is 9.88 Å². The lowest BCUT2D eigenvalue weighted by Gasteiger charge is -2.14. The summed E-state index contributed by atoms with van der Waals surface area (Å²) in [4.78, 5) is 19.2. The predicted molar refractivity (Wildman–Crippen MR) is 110 cm³/mol. The predicted octanol–water partition coefficient (Wildman–Crippen LogP) is 4.62. The van der Waals surface area contributed by atoms with Gasteiger partial charge in [0, 0.05) is 12.2 Å². The normalized spacial score (nSPS) is 14.8. The Morgan fingerprint density at radius 1 is 1.12 bits per heavy atom. The molecule has 3 aromatic rings. The average Bonchev–Trinajstić information content (AvgIpc) is 3.30. The summed E-state index contributed by atoms with van der Waals surface area (Å²) >= 11 is 3.12. The minimum atomic E-state index is 0.00143. The summed E-state index contributed by atoms with van der Waals surface area (Å²) in [6, 6.07) is 16.2. The van der Waals surface area contributed by atoms with Gasteiger partial charge < -0.3 is 5.32 Å². The number of amides is 1. The second-order valence-corrected chi connectivity index (χ2v) is 8.72. The fraction of sp³-hybridized carbons (Fsp3) is 0.300. The van der Waals surface area contributed by atoms with Gasteiger partial charge in [0.1, 0.15) is 0 Å². The highest BCUT2D eigenvalue weighted by Crippen LogP contribution is 2.29. The van der Waals surface area contributed by atoms with E-state index >= 15 is 0 Å². The number of likely N-dealkylation sites (tertiary alicyclic amines) is 1. The van der Waals surface area contributed by atoms with Gasteiger partial charge in [0.05, 0.1) is 16.0 Å². The van der Waals surface area contributed by atoms with Crippen LogP contribution in [-0.4, -0.2) is 34.6 Å². The third-order valence-corrected chi connectivity index (χ3v) is 6.62. The maximum Gasteiger partial charge on any atom is 0.234 e. The number of thiazole rings is 1. The summed E-state index contributed by atoms with van der Waals surface area (Å²) < 4.78 is 2.09. The lowest BCUT2D eigenvalue weighted by Crippen LogP contribution is -2.18. The first kappa shape index (κ1) is 17.5. The first-order valence-corrected chi connectivity index (χ1v) is 10.7. The van der Waals surface area contributed by atoms with E-state index in [1.165, 1.54) is 43.3 Å². The number of carbonyl (C=O) groups is 1. The Labute approximate surface area is 161 Å². The van der Waals surface area contributed by atoms with Gasteiger partial charge in [-0.15, -0.1) is 11.3 Å². The van der Waals surface area contributed by atoms with Gasteiger partial charge in [-0.3, -0.25) is 9.69 Å². The van der Waals surface area contributed by atoms with E-state index < -0.39 is 0 Å². The Hall–Kier alpha value is -1.89. The topological polar surface area (TPSA) is 45.2 Å². The van der Waals surface area contributed by atoms with Gasteiger partial charge in [-0.05, 0) is 55.8 Å². The Bertz CT molecular complexity index is 852. The zero-order chi connectivity index (χ0) is 17.8. The molecule has 6 heteroatoms. The van der Waals surface area contributed by atoms with Crippen molar-refractivity contribution in [2.75, 3.05) is 24.2 Å².